The van der Waals surface area contributed by atoms with Crippen LogP contribution >= 0.6 is 0 Å². The van der Waals surface area contributed by atoms with Crippen molar-refractivity contribution in [3.05, 3.63) is 53.9 Å². The summed E-state index contributed by atoms with van der Waals surface area (Å²) in [5.41, 5.74) is 3.65. The fourth-order valence-electron chi connectivity index (χ4n) is 1.95. The van der Waals surface area contributed by atoms with Crippen LogP contribution in [0.1, 0.15) is 18.3 Å². The molecule has 21 heavy (non-hydrogen) atoms. The van der Waals surface area contributed by atoms with Gasteiger partial charge in [-0.25, -0.2) is 4.99 Å². The molecule has 0 bridgehead atoms. The smallest absolute Gasteiger partial charge is 0.242 e. The van der Waals surface area contributed by atoms with Crippen LogP contribution in [-0.2, 0) is 0 Å². The molecule has 0 unspecified atom stereocenters. The summed E-state index contributed by atoms with van der Waals surface area (Å²) in [5.74, 6) is 0.851. The molecule has 4 heteroatoms. The fourth-order valence-corrected chi connectivity index (χ4v) is 2.78. The predicted molar refractivity (Wildman–Crippen MR) is 91.3 cm³/mol. The third-order valence-corrected chi connectivity index (χ3v) is 3.66. The number of benzene rings is 1. The van der Waals surface area contributed by atoms with E-state index in [1.54, 1.807) is 0 Å². The van der Waals surface area contributed by atoms with Crippen molar-refractivity contribution < 1.29 is 4.43 Å². The van der Waals surface area contributed by atoms with E-state index in [0.717, 1.165) is 28.5 Å². The zero-order valence-corrected chi connectivity index (χ0v) is 14.3. The number of rotatable bonds is 4. The van der Waals surface area contributed by atoms with E-state index in [2.05, 4.69) is 24.6 Å². The summed E-state index contributed by atoms with van der Waals surface area (Å²) in [6.07, 6.45) is 0. The van der Waals surface area contributed by atoms with Crippen LogP contribution in [0.4, 0.5) is 5.69 Å². The zero-order valence-electron chi connectivity index (χ0n) is 13.3. The maximum absolute atomic E-state index is 6.10. The Bertz CT molecular complexity index is 660. The quantitative estimate of drug-likeness (QED) is 0.603. The van der Waals surface area contributed by atoms with Crippen molar-refractivity contribution in [2.24, 2.45) is 4.99 Å². The van der Waals surface area contributed by atoms with Crippen molar-refractivity contribution in [3.63, 3.8) is 0 Å². The van der Waals surface area contributed by atoms with Crippen LogP contribution in [0.25, 0.3) is 0 Å². The van der Waals surface area contributed by atoms with Gasteiger partial charge in [-0.1, -0.05) is 18.2 Å². The molecule has 0 aliphatic heterocycles. The van der Waals surface area contributed by atoms with Crippen LogP contribution < -0.4 is 4.43 Å². The average molecular weight is 298 g/mol. The van der Waals surface area contributed by atoms with E-state index in [0.29, 0.717) is 0 Å². The Morgan fingerprint density at radius 3 is 2.43 bits per heavy atom. The fraction of sp³-hybridized carbons (Fsp3) is 0.294. The zero-order chi connectivity index (χ0) is 15.5. The number of hydrogen-bond donors (Lipinski definition) is 0. The van der Waals surface area contributed by atoms with Crippen molar-refractivity contribution in [2.45, 2.75) is 33.5 Å². The van der Waals surface area contributed by atoms with Gasteiger partial charge in [0, 0.05) is 5.69 Å². The molecule has 0 spiro atoms. The third-order valence-electron chi connectivity index (χ3n) is 2.83. The lowest BCUT2D eigenvalue weighted by Crippen LogP contribution is -2.29. The Hall–Kier alpha value is -1.94. The van der Waals surface area contributed by atoms with Crippen molar-refractivity contribution in [3.8, 4) is 5.75 Å². The summed E-state index contributed by atoms with van der Waals surface area (Å²) in [5, 5.41) is 0. The molecule has 0 radical (unpaired) electrons. The number of para-hydroxylation sites is 2. The van der Waals surface area contributed by atoms with E-state index >= 15 is 0 Å². The lowest BCUT2D eigenvalue weighted by atomic mass is 10.2. The maximum atomic E-state index is 6.10. The second kappa shape index (κ2) is 6.22. The molecule has 0 saturated heterocycles. The molecule has 0 atom stereocenters. The standard InChI is InChI=1S/C17H22N2OSi/c1-13-9-8-11-15(18-13)14(2)19-16-10-6-7-12-17(16)20-21(3,4)5/h6-12H,1-5H3. The van der Waals surface area contributed by atoms with Crippen LogP contribution in [0.15, 0.2) is 47.5 Å². The highest BCUT2D eigenvalue weighted by Gasteiger charge is 2.18. The minimum absolute atomic E-state index is 0.851. The first-order valence-corrected chi connectivity index (χ1v) is 10.5. The highest BCUT2D eigenvalue weighted by atomic mass is 28.4. The largest absolute Gasteiger partial charge is 0.543 e. The first-order valence-electron chi connectivity index (χ1n) is 7.12. The molecular weight excluding hydrogens is 276 g/mol. The average Bonchev–Trinajstić information content (AvgIpc) is 2.39. The molecule has 0 aliphatic rings. The number of hydrogen-bond acceptors (Lipinski definition) is 3. The molecule has 0 fully saturated rings. The van der Waals surface area contributed by atoms with E-state index in [9.17, 15) is 0 Å². The maximum Gasteiger partial charge on any atom is 0.242 e. The third kappa shape index (κ3) is 4.53. The Kier molecular flexibility index (Phi) is 4.58. The number of nitrogens with zero attached hydrogens (tertiary/aromatic N) is 2. The van der Waals surface area contributed by atoms with Gasteiger partial charge < -0.3 is 4.43 Å². The Balaban J connectivity index is 2.36. The lowest BCUT2D eigenvalue weighted by Gasteiger charge is -2.20. The summed E-state index contributed by atoms with van der Waals surface area (Å²) in [7, 11) is -1.65. The van der Waals surface area contributed by atoms with Gasteiger partial charge in [0.25, 0.3) is 0 Å². The summed E-state index contributed by atoms with van der Waals surface area (Å²) in [6, 6.07) is 13.9. The van der Waals surface area contributed by atoms with Gasteiger partial charge in [-0.05, 0) is 57.8 Å². The first kappa shape index (κ1) is 15.4. The van der Waals surface area contributed by atoms with Gasteiger partial charge in [-0.3, -0.25) is 4.98 Å². The molecule has 0 saturated carbocycles. The SMILES string of the molecule is CC(=Nc1ccccc1O[Si](C)(C)C)c1cccc(C)n1. The molecule has 1 aromatic carbocycles. The number of aryl methyl sites for hydroxylation is 1. The van der Waals surface area contributed by atoms with Crippen molar-refractivity contribution in [1.29, 1.82) is 0 Å². The van der Waals surface area contributed by atoms with Crippen molar-refractivity contribution in [2.75, 3.05) is 0 Å². The van der Waals surface area contributed by atoms with Crippen LogP contribution in [0.3, 0.4) is 0 Å². The highest BCUT2D eigenvalue weighted by molar-refractivity contribution is 6.70. The van der Waals surface area contributed by atoms with Crippen molar-refractivity contribution >= 4 is 19.7 Å². The van der Waals surface area contributed by atoms with E-state index in [4.69, 9.17) is 9.42 Å². The summed E-state index contributed by atoms with van der Waals surface area (Å²) >= 11 is 0. The molecule has 1 heterocycles. The number of pyridine rings is 1. The van der Waals surface area contributed by atoms with Crippen LogP contribution in [0.5, 0.6) is 5.75 Å². The second-order valence-electron chi connectivity index (χ2n) is 6.04. The summed E-state index contributed by atoms with van der Waals surface area (Å²) < 4.78 is 6.10. The summed E-state index contributed by atoms with van der Waals surface area (Å²) in [4.78, 5) is 9.22. The normalized spacial score (nSPS) is 12.3. The monoisotopic (exact) mass is 298 g/mol. The lowest BCUT2D eigenvalue weighted by molar-refractivity contribution is 0.559. The predicted octanol–water partition coefficient (Wildman–Crippen LogP) is 4.74. The van der Waals surface area contributed by atoms with E-state index in [1.807, 2.05) is 56.3 Å². The molecule has 0 N–H and O–H groups in total. The van der Waals surface area contributed by atoms with E-state index < -0.39 is 8.32 Å². The molecule has 0 aliphatic carbocycles. The van der Waals surface area contributed by atoms with Crippen LogP contribution in [-0.4, -0.2) is 19.0 Å². The van der Waals surface area contributed by atoms with Gasteiger partial charge in [-0.2, -0.15) is 0 Å². The summed E-state index contributed by atoms with van der Waals surface area (Å²) in [6.45, 7) is 10.5. The minimum atomic E-state index is -1.65. The van der Waals surface area contributed by atoms with Gasteiger partial charge in [0.05, 0.1) is 11.4 Å². The van der Waals surface area contributed by atoms with Gasteiger partial charge >= 0.3 is 0 Å². The second-order valence-corrected chi connectivity index (χ2v) is 10.5. The van der Waals surface area contributed by atoms with E-state index in [-0.39, 0.29) is 0 Å². The Labute approximate surface area is 127 Å². The van der Waals surface area contributed by atoms with Gasteiger partial charge in [0.2, 0.25) is 8.32 Å². The molecule has 110 valence electrons. The van der Waals surface area contributed by atoms with Crippen LogP contribution in [0.2, 0.25) is 19.6 Å². The Morgan fingerprint density at radius 2 is 1.76 bits per heavy atom. The molecule has 3 nitrogen and oxygen atoms in total. The van der Waals surface area contributed by atoms with Crippen LogP contribution in [0, 0.1) is 6.92 Å². The van der Waals surface area contributed by atoms with E-state index in [1.165, 1.54) is 0 Å². The Morgan fingerprint density at radius 1 is 1.05 bits per heavy atom. The molecular formula is C17H22N2OSi. The van der Waals surface area contributed by atoms with Gasteiger partial charge in [0.15, 0.2) is 0 Å². The van der Waals surface area contributed by atoms with Gasteiger partial charge in [-0.15, -0.1) is 0 Å². The van der Waals surface area contributed by atoms with Crippen molar-refractivity contribution in [1.82, 2.24) is 4.98 Å². The number of aliphatic imine (C=N–C) groups is 1. The van der Waals surface area contributed by atoms with Gasteiger partial charge in [0.1, 0.15) is 11.4 Å². The highest BCUT2D eigenvalue weighted by Crippen LogP contribution is 2.29. The minimum Gasteiger partial charge on any atom is -0.543 e. The molecule has 2 rings (SSSR count). The topological polar surface area (TPSA) is 34.5 Å². The molecule has 0 amide bonds. The first-order chi connectivity index (χ1) is 9.85. The number of aromatic nitrogens is 1. The molecule has 1 aromatic heterocycles. The molecule has 2 aromatic rings.